The van der Waals surface area contributed by atoms with Crippen LogP contribution in [0.2, 0.25) is 0 Å². The highest BCUT2D eigenvalue weighted by Crippen LogP contribution is 2.36. The quantitative estimate of drug-likeness (QED) is 0.764. The monoisotopic (exact) mass is 236 g/mol. The first-order valence-corrected chi connectivity index (χ1v) is 5.48. The van der Waals surface area contributed by atoms with E-state index in [0.717, 1.165) is 12.0 Å². The standard InChI is InChI=1S/C13H13FO3/c1-3-4-9-5-10(14)13-11(8(2)6-16-13)12(9)17-7-15/h5-7H,3-4H2,1-2H3. The predicted octanol–water partition coefficient (Wildman–Crippen LogP) is 3.37. The van der Waals surface area contributed by atoms with E-state index < -0.39 is 5.82 Å². The molecular weight excluding hydrogens is 223 g/mol. The molecule has 2 rings (SSSR count). The molecule has 0 amide bonds. The van der Waals surface area contributed by atoms with Gasteiger partial charge in [-0.05, 0) is 30.5 Å². The molecule has 0 bridgehead atoms. The van der Waals surface area contributed by atoms with Gasteiger partial charge in [0.05, 0.1) is 11.6 Å². The average molecular weight is 236 g/mol. The van der Waals surface area contributed by atoms with E-state index in [9.17, 15) is 9.18 Å². The van der Waals surface area contributed by atoms with Crippen molar-refractivity contribution >= 4 is 17.4 Å². The number of hydrogen-bond acceptors (Lipinski definition) is 3. The Kier molecular flexibility index (Phi) is 3.13. The fourth-order valence-corrected chi connectivity index (χ4v) is 1.98. The molecule has 0 N–H and O–H groups in total. The van der Waals surface area contributed by atoms with E-state index >= 15 is 0 Å². The van der Waals surface area contributed by atoms with Gasteiger partial charge >= 0.3 is 0 Å². The fourth-order valence-electron chi connectivity index (χ4n) is 1.98. The van der Waals surface area contributed by atoms with Gasteiger partial charge in [0.25, 0.3) is 6.47 Å². The van der Waals surface area contributed by atoms with Gasteiger partial charge < -0.3 is 9.15 Å². The number of rotatable bonds is 4. The van der Waals surface area contributed by atoms with E-state index in [0.29, 0.717) is 29.6 Å². The van der Waals surface area contributed by atoms with Crippen molar-refractivity contribution in [2.45, 2.75) is 26.7 Å². The van der Waals surface area contributed by atoms with Gasteiger partial charge in [0.1, 0.15) is 5.75 Å². The van der Waals surface area contributed by atoms with Crippen LogP contribution in [0.3, 0.4) is 0 Å². The zero-order valence-corrected chi connectivity index (χ0v) is 9.75. The maximum atomic E-state index is 13.8. The Morgan fingerprint density at radius 2 is 2.29 bits per heavy atom. The van der Waals surface area contributed by atoms with Crippen LogP contribution in [0.4, 0.5) is 4.39 Å². The number of carbonyl (C=O) groups is 1. The predicted molar refractivity (Wildman–Crippen MR) is 61.6 cm³/mol. The molecule has 0 spiro atoms. The molecule has 4 heteroatoms. The normalized spacial score (nSPS) is 10.8. The molecule has 1 aromatic heterocycles. The van der Waals surface area contributed by atoms with E-state index in [-0.39, 0.29) is 5.58 Å². The Bertz CT molecular complexity index is 557. The molecule has 1 aromatic carbocycles. The summed E-state index contributed by atoms with van der Waals surface area (Å²) in [5.41, 5.74) is 1.59. The summed E-state index contributed by atoms with van der Waals surface area (Å²) in [5, 5.41) is 0.542. The molecule has 0 aliphatic rings. The average Bonchev–Trinajstić information content (AvgIpc) is 2.67. The van der Waals surface area contributed by atoms with E-state index in [4.69, 9.17) is 9.15 Å². The number of halogens is 1. The Labute approximate surface area is 98.2 Å². The lowest BCUT2D eigenvalue weighted by atomic mass is 10.0. The Morgan fingerprint density at radius 1 is 1.53 bits per heavy atom. The Hall–Kier alpha value is -1.84. The number of ether oxygens (including phenoxy) is 1. The van der Waals surface area contributed by atoms with Gasteiger partial charge in [0.2, 0.25) is 0 Å². The van der Waals surface area contributed by atoms with Crippen LogP contribution in [0.15, 0.2) is 16.7 Å². The van der Waals surface area contributed by atoms with Crippen molar-refractivity contribution in [3.8, 4) is 5.75 Å². The molecule has 2 aromatic rings. The third-order valence-electron chi connectivity index (χ3n) is 2.70. The minimum Gasteiger partial charge on any atom is -0.461 e. The topological polar surface area (TPSA) is 39.4 Å². The number of furan rings is 1. The lowest BCUT2D eigenvalue weighted by Crippen LogP contribution is -1.97. The van der Waals surface area contributed by atoms with Crippen LogP contribution >= 0.6 is 0 Å². The van der Waals surface area contributed by atoms with Gasteiger partial charge in [0, 0.05) is 0 Å². The molecule has 0 aliphatic carbocycles. The summed E-state index contributed by atoms with van der Waals surface area (Å²) in [6.45, 7) is 4.13. The number of aryl methyl sites for hydroxylation is 2. The lowest BCUT2D eigenvalue weighted by molar-refractivity contribution is -0.120. The lowest BCUT2D eigenvalue weighted by Gasteiger charge is -2.08. The maximum Gasteiger partial charge on any atom is 0.298 e. The van der Waals surface area contributed by atoms with Gasteiger partial charge in [-0.1, -0.05) is 13.3 Å². The van der Waals surface area contributed by atoms with Crippen LogP contribution in [0.25, 0.3) is 11.0 Å². The van der Waals surface area contributed by atoms with Crippen molar-refractivity contribution < 1.29 is 18.3 Å². The van der Waals surface area contributed by atoms with Gasteiger partial charge in [-0.15, -0.1) is 0 Å². The summed E-state index contributed by atoms with van der Waals surface area (Å²) in [4.78, 5) is 10.5. The Balaban J connectivity index is 2.75. The zero-order chi connectivity index (χ0) is 12.4. The molecule has 0 atom stereocenters. The van der Waals surface area contributed by atoms with Crippen molar-refractivity contribution in [1.82, 2.24) is 0 Å². The second-order valence-electron chi connectivity index (χ2n) is 3.93. The first-order valence-electron chi connectivity index (χ1n) is 5.48. The van der Waals surface area contributed by atoms with E-state index in [1.807, 2.05) is 6.92 Å². The molecule has 1 heterocycles. The molecular formula is C13H13FO3. The smallest absolute Gasteiger partial charge is 0.298 e. The minimum atomic E-state index is -0.421. The van der Waals surface area contributed by atoms with Crippen LogP contribution in [0.1, 0.15) is 24.5 Å². The molecule has 0 radical (unpaired) electrons. The van der Waals surface area contributed by atoms with Crippen molar-refractivity contribution in [3.05, 3.63) is 29.3 Å². The highest BCUT2D eigenvalue weighted by atomic mass is 19.1. The van der Waals surface area contributed by atoms with Crippen LogP contribution in [-0.4, -0.2) is 6.47 Å². The summed E-state index contributed by atoms with van der Waals surface area (Å²) in [6.07, 6.45) is 2.96. The van der Waals surface area contributed by atoms with E-state index in [2.05, 4.69) is 0 Å². The van der Waals surface area contributed by atoms with Gasteiger partial charge in [-0.25, -0.2) is 4.39 Å². The van der Waals surface area contributed by atoms with Crippen molar-refractivity contribution in [2.75, 3.05) is 0 Å². The molecule has 0 aliphatic heterocycles. The van der Waals surface area contributed by atoms with Crippen LogP contribution in [-0.2, 0) is 11.2 Å². The molecule has 90 valence electrons. The number of hydrogen-bond donors (Lipinski definition) is 0. The third kappa shape index (κ3) is 1.90. The minimum absolute atomic E-state index is 0.138. The number of fused-ring (bicyclic) bond motifs is 1. The van der Waals surface area contributed by atoms with Gasteiger partial charge in [0.15, 0.2) is 11.4 Å². The molecule has 0 saturated heterocycles. The van der Waals surface area contributed by atoms with Gasteiger partial charge in [-0.2, -0.15) is 0 Å². The molecule has 0 unspecified atom stereocenters. The SMILES string of the molecule is CCCc1cc(F)c2occ(C)c2c1OC=O. The van der Waals surface area contributed by atoms with Crippen LogP contribution in [0.5, 0.6) is 5.75 Å². The van der Waals surface area contributed by atoms with E-state index in [1.165, 1.54) is 12.3 Å². The summed E-state index contributed by atoms with van der Waals surface area (Å²) >= 11 is 0. The first-order chi connectivity index (χ1) is 8.19. The van der Waals surface area contributed by atoms with Crippen LogP contribution in [0, 0.1) is 12.7 Å². The summed E-state index contributed by atoms with van der Waals surface area (Å²) in [6, 6.07) is 1.37. The van der Waals surface area contributed by atoms with Crippen molar-refractivity contribution in [1.29, 1.82) is 0 Å². The summed E-state index contributed by atoms with van der Waals surface area (Å²) in [7, 11) is 0. The highest BCUT2D eigenvalue weighted by molar-refractivity contribution is 5.90. The van der Waals surface area contributed by atoms with E-state index in [1.54, 1.807) is 6.92 Å². The summed E-state index contributed by atoms with van der Waals surface area (Å²) < 4.78 is 23.9. The van der Waals surface area contributed by atoms with Crippen molar-refractivity contribution in [3.63, 3.8) is 0 Å². The second kappa shape index (κ2) is 4.57. The molecule has 17 heavy (non-hydrogen) atoms. The zero-order valence-electron chi connectivity index (χ0n) is 9.75. The number of carbonyl (C=O) groups excluding carboxylic acids is 1. The molecule has 0 saturated carbocycles. The van der Waals surface area contributed by atoms with Crippen molar-refractivity contribution in [2.24, 2.45) is 0 Å². The number of benzene rings is 1. The first kappa shape index (κ1) is 11.6. The molecule has 3 nitrogen and oxygen atoms in total. The highest BCUT2D eigenvalue weighted by Gasteiger charge is 2.18. The van der Waals surface area contributed by atoms with Crippen LogP contribution < -0.4 is 4.74 Å². The third-order valence-corrected chi connectivity index (χ3v) is 2.70. The second-order valence-corrected chi connectivity index (χ2v) is 3.93. The van der Waals surface area contributed by atoms with Gasteiger partial charge in [-0.3, -0.25) is 4.79 Å². The fraction of sp³-hybridized carbons (Fsp3) is 0.308. The Morgan fingerprint density at radius 3 is 2.94 bits per heavy atom. The summed E-state index contributed by atoms with van der Waals surface area (Å²) in [5.74, 6) is -0.0145. The largest absolute Gasteiger partial charge is 0.461 e. The maximum absolute atomic E-state index is 13.8. The molecule has 0 fully saturated rings.